The van der Waals surface area contributed by atoms with Crippen molar-refractivity contribution in [3.05, 3.63) is 83.1 Å². The van der Waals surface area contributed by atoms with Gasteiger partial charge in [-0.3, -0.25) is 14.0 Å². The molecule has 4 aromatic rings. The molecular formula is C22H19N5O3. The van der Waals surface area contributed by atoms with Crippen molar-refractivity contribution in [1.29, 1.82) is 0 Å². The fourth-order valence-corrected chi connectivity index (χ4v) is 3.87. The molecule has 8 nitrogen and oxygen atoms in total. The SMILES string of the molecule is Cc1ccc2ncc(C(=O)N[C@@H]3CCc4cc(C(=O)Nc5cnoc5)ccc43)n2c1. The minimum atomic E-state index is -0.227. The second-order valence-corrected chi connectivity index (χ2v) is 7.42. The average molecular weight is 401 g/mol. The quantitative estimate of drug-likeness (QED) is 0.546. The van der Waals surface area contributed by atoms with Crippen LogP contribution in [0.1, 0.15) is 50.0 Å². The molecule has 1 aliphatic carbocycles. The van der Waals surface area contributed by atoms with E-state index in [-0.39, 0.29) is 17.9 Å². The standard InChI is InChI=1S/C22H19N5O3/c1-13-2-7-20-23-10-19(27(20)11-13)22(29)26-18-6-4-14-8-15(3-5-17(14)18)21(28)25-16-9-24-30-12-16/h2-3,5,7-12,18H,4,6H2,1H3,(H,25,28)(H,26,29)/t18-/m1/s1. The van der Waals surface area contributed by atoms with Crippen molar-refractivity contribution in [2.24, 2.45) is 0 Å². The Bertz CT molecular complexity index is 1260. The van der Waals surface area contributed by atoms with Gasteiger partial charge in [0.25, 0.3) is 11.8 Å². The first kappa shape index (κ1) is 18.1. The first-order valence-electron chi connectivity index (χ1n) is 9.66. The molecule has 0 radical (unpaired) electrons. The number of nitrogens with one attached hydrogen (secondary N) is 2. The minimum Gasteiger partial charge on any atom is -0.363 e. The maximum Gasteiger partial charge on any atom is 0.270 e. The summed E-state index contributed by atoms with van der Waals surface area (Å²) in [5, 5.41) is 9.42. The van der Waals surface area contributed by atoms with E-state index in [1.54, 1.807) is 16.7 Å². The van der Waals surface area contributed by atoms with E-state index in [0.29, 0.717) is 16.9 Å². The lowest BCUT2D eigenvalue weighted by Crippen LogP contribution is -2.28. The Labute approximate surface area is 171 Å². The van der Waals surface area contributed by atoms with Gasteiger partial charge >= 0.3 is 0 Å². The topological polar surface area (TPSA) is 102 Å². The molecular weight excluding hydrogens is 382 g/mol. The number of fused-ring (bicyclic) bond motifs is 2. The van der Waals surface area contributed by atoms with Crippen molar-refractivity contribution in [3.8, 4) is 0 Å². The smallest absolute Gasteiger partial charge is 0.270 e. The molecule has 3 aromatic heterocycles. The van der Waals surface area contributed by atoms with E-state index in [4.69, 9.17) is 4.52 Å². The lowest BCUT2D eigenvalue weighted by molar-refractivity contribution is 0.0930. The Morgan fingerprint density at radius 1 is 1.17 bits per heavy atom. The summed E-state index contributed by atoms with van der Waals surface area (Å²) < 4.78 is 6.53. The van der Waals surface area contributed by atoms with Gasteiger partial charge in [-0.05, 0) is 54.7 Å². The summed E-state index contributed by atoms with van der Waals surface area (Å²) in [5.74, 6) is -0.394. The van der Waals surface area contributed by atoms with Crippen molar-refractivity contribution in [2.75, 3.05) is 5.32 Å². The molecule has 1 aromatic carbocycles. The predicted octanol–water partition coefficient (Wildman–Crippen LogP) is 3.30. The third-order valence-electron chi connectivity index (χ3n) is 5.36. The van der Waals surface area contributed by atoms with Gasteiger partial charge in [-0.25, -0.2) is 4.98 Å². The number of aryl methyl sites for hydroxylation is 2. The van der Waals surface area contributed by atoms with Crippen LogP contribution < -0.4 is 10.6 Å². The number of rotatable bonds is 4. The number of aromatic nitrogens is 3. The minimum absolute atomic E-state index is 0.0990. The normalized spacial score (nSPS) is 15.2. The molecule has 1 aliphatic rings. The van der Waals surface area contributed by atoms with Crippen molar-refractivity contribution in [3.63, 3.8) is 0 Å². The maximum atomic E-state index is 12.9. The third-order valence-corrected chi connectivity index (χ3v) is 5.36. The van der Waals surface area contributed by atoms with Crippen molar-refractivity contribution < 1.29 is 14.1 Å². The van der Waals surface area contributed by atoms with Gasteiger partial charge in [0.2, 0.25) is 0 Å². The van der Waals surface area contributed by atoms with Gasteiger partial charge in [-0.1, -0.05) is 17.3 Å². The number of carbonyl (C=O) groups is 2. The highest BCUT2D eigenvalue weighted by atomic mass is 16.5. The molecule has 0 saturated heterocycles. The van der Waals surface area contributed by atoms with E-state index in [9.17, 15) is 9.59 Å². The zero-order valence-corrected chi connectivity index (χ0v) is 16.3. The van der Waals surface area contributed by atoms with Crippen LogP contribution in [0.3, 0.4) is 0 Å². The molecule has 0 spiro atoms. The van der Waals surface area contributed by atoms with Crippen molar-refractivity contribution in [2.45, 2.75) is 25.8 Å². The third kappa shape index (κ3) is 3.22. The Morgan fingerprint density at radius 3 is 2.90 bits per heavy atom. The molecule has 150 valence electrons. The molecule has 2 N–H and O–H groups in total. The van der Waals surface area contributed by atoms with Gasteiger partial charge in [-0.15, -0.1) is 0 Å². The van der Waals surface area contributed by atoms with E-state index in [1.807, 2.05) is 37.4 Å². The lowest BCUT2D eigenvalue weighted by Gasteiger charge is -2.14. The van der Waals surface area contributed by atoms with Gasteiger partial charge in [0.1, 0.15) is 23.3 Å². The zero-order valence-electron chi connectivity index (χ0n) is 16.3. The molecule has 0 fully saturated rings. The summed E-state index contributed by atoms with van der Waals surface area (Å²) in [5.41, 5.74) is 5.46. The van der Waals surface area contributed by atoms with Crippen molar-refractivity contribution in [1.82, 2.24) is 19.9 Å². The van der Waals surface area contributed by atoms with Crippen LogP contribution in [-0.2, 0) is 6.42 Å². The molecule has 2 amide bonds. The molecule has 3 heterocycles. The Hall–Kier alpha value is -3.94. The molecule has 0 saturated carbocycles. The number of nitrogens with zero attached hydrogens (tertiary/aromatic N) is 3. The van der Waals surface area contributed by atoms with E-state index in [0.717, 1.165) is 35.2 Å². The molecule has 5 rings (SSSR count). The van der Waals surface area contributed by atoms with E-state index < -0.39 is 0 Å². The van der Waals surface area contributed by atoms with Crippen LogP contribution in [0.4, 0.5) is 5.69 Å². The van der Waals surface area contributed by atoms with Crippen LogP contribution in [-0.4, -0.2) is 26.4 Å². The number of carbonyl (C=O) groups excluding carboxylic acids is 2. The number of anilines is 1. The second-order valence-electron chi connectivity index (χ2n) is 7.42. The maximum absolute atomic E-state index is 12.9. The van der Waals surface area contributed by atoms with Gasteiger partial charge in [-0.2, -0.15) is 0 Å². The van der Waals surface area contributed by atoms with Gasteiger partial charge in [0, 0.05) is 11.8 Å². The molecule has 8 heteroatoms. The van der Waals surface area contributed by atoms with Crippen molar-refractivity contribution >= 4 is 23.1 Å². The van der Waals surface area contributed by atoms with Crippen LogP contribution >= 0.6 is 0 Å². The summed E-state index contributed by atoms with van der Waals surface area (Å²) in [6.07, 6.45) is 7.89. The van der Waals surface area contributed by atoms with E-state index in [1.165, 1.54) is 12.5 Å². The number of pyridine rings is 1. The fraction of sp³-hybridized carbons (Fsp3) is 0.182. The van der Waals surface area contributed by atoms with Crippen LogP contribution in [0.5, 0.6) is 0 Å². The first-order chi connectivity index (χ1) is 14.6. The highest BCUT2D eigenvalue weighted by Crippen LogP contribution is 2.32. The fourth-order valence-electron chi connectivity index (χ4n) is 3.87. The van der Waals surface area contributed by atoms with Gasteiger partial charge in [0.15, 0.2) is 0 Å². The molecule has 30 heavy (non-hydrogen) atoms. The molecule has 1 atom stereocenters. The number of amides is 2. The zero-order chi connectivity index (χ0) is 20.7. The monoisotopic (exact) mass is 401 g/mol. The molecule has 0 aliphatic heterocycles. The van der Waals surface area contributed by atoms with Crippen LogP contribution in [0.25, 0.3) is 5.65 Å². The number of benzene rings is 1. The van der Waals surface area contributed by atoms with E-state index in [2.05, 4.69) is 20.8 Å². The number of hydrogen-bond donors (Lipinski definition) is 2. The number of hydrogen-bond acceptors (Lipinski definition) is 5. The van der Waals surface area contributed by atoms with Gasteiger partial charge in [0.05, 0.1) is 18.4 Å². The molecule has 0 bridgehead atoms. The molecule has 0 unspecified atom stereocenters. The van der Waals surface area contributed by atoms with Crippen LogP contribution in [0, 0.1) is 6.92 Å². The highest BCUT2D eigenvalue weighted by molar-refractivity contribution is 6.04. The summed E-state index contributed by atoms with van der Waals surface area (Å²) in [7, 11) is 0. The average Bonchev–Trinajstić information content (AvgIpc) is 3.47. The van der Waals surface area contributed by atoms with Crippen LogP contribution in [0.15, 0.2) is 59.7 Å². The summed E-state index contributed by atoms with van der Waals surface area (Å²) >= 11 is 0. The summed E-state index contributed by atoms with van der Waals surface area (Å²) in [6, 6.07) is 9.31. The summed E-state index contributed by atoms with van der Waals surface area (Å²) in [6.45, 7) is 1.98. The number of imidazole rings is 1. The lowest BCUT2D eigenvalue weighted by atomic mass is 10.0. The second kappa shape index (κ2) is 7.14. The predicted molar refractivity (Wildman–Crippen MR) is 109 cm³/mol. The Morgan fingerprint density at radius 2 is 2.07 bits per heavy atom. The first-order valence-corrected chi connectivity index (χ1v) is 9.66. The van der Waals surface area contributed by atoms with Gasteiger partial charge < -0.3 is 15.2 Å². The Balaban J connectivity index is 1.34. The van der Waals surface area contributed by atoms with Crippen LogP contribution in [0.2, 0.25) is 0 Å². The Kier molecular flexibility index (Phi) is 4.31. The van der Waals surface area contributed by atoms with E-state index >= 15 is 0 Å². The largest absolute Gasteiger partial charge is 0.363 e. The summed E-state index contributed by atoms with van der Waals surface area (Å²) in [4.78, 5) is 29.6. The highest BCUT2D eigenvalue weighted by Gasteiger charge is 2.26.